The average Bonchev–Trinajstić information content (AvgIpc) is 2.27. The molecule has 0 aromatic heterocycles. The van der Waals surface area contributed by atoms with E-state index in [1.165, 1.54) is 0 Å². The first kappa shape index (κ1) is 11.0. The predicted octanol–water partition coefficient (Wildman–Crippen LogP) is 2.38. The highest BCUT2D eigenvalue weighted by Crippen LogP contribution is 1.97. The third-order valence-corrected chi connectivity index (χ3v) is 1.75. The van der Waals surface area contributed by atoms with Crippen molar-refractivity contribution in [1.82, 2.24) is 5.01 Å². The molecule has 0 saturated heterocycles. The Morgan fingerprint density at radius 1 is 1.40 bits per heavy atom. The molecule has 76 valence electrons. The summed E-state index contributed by atoms with van der Waals surface area (Å²) >= 11 is 0. The van der Waals surface area contributed by atoms with Crippen molar-refractivity contribution < 1.29 is 0 Å². The first-order chi connectivity index (χ1) is 7.22. The van der Waals surface area contributed by atoms with Crippen LogP contribution in [0.15, 0.2) is 47.2 Å². The van der Waals surface area contributed by atoms with E-state index >= 15 is 0 Å². The van der Waals surface area contributed by atoms with E-state index in [0.29, 0.717) is 5.57 Å². The standard InChI is InChI=1S/C12H13N3/c1-11(8-13)10-15(2)14-9-12-6-4-3-5-7-12/h3-7,9-10H,1-2H3/b11-10+,14-9+. The van der Waals surface area contributed by atoms with Gasteiger partial charge in [-0.25, -0.2) is 0 Å². The number of rotatable bonds is 3. The minimum absolute atomic E-state index is 0.628. The van der Waals surface area contributed by atoms with Crippen molar-refractivity contribution >= 4 is 6.21 Å². The first-order valence-corrected chi connectivity index (χ1v) is 4.63. The van der Waals surface area contributed by atoms with Gasteiger partial charge in [0.1, 0.15) is 0 Å². The third kappa shape index (κ3) is 4.10. The van der Waals surface area contributed by atoms with E-state index < -0.39 is 0 Å². The molecule has 1 aromatic rings. The maximum absolute atomic E-state index is 8.57. The maximum atomic E-state index is 8.57. The minimum atomic E-state index is 0.628. The molecule has 15 heavy (non-hydrogen) atoms. The lowest BCUT2D eigenvalue weighted by Crippen LogP contribution is -2.02. The largest absolute Gasteiger partial charge is 0.275 e. The summed E-state index contributed by atoms with van der Waals surface area (Å²) in [5.41, 5.74) is 1.66. The van der Waals surface area contributed by atoms with Gasteiger partial charge in [0.2, 0.25) is 0 Å². The van der Waals surface area contributed by atoms with Crippen molar-refractivity contribution in [3.63, 3.8) is 0 Å². The number of allylic oxidation sites excluding steroid dienone is 1. The molecule has 0 amide bonds. The molecule has 0 heterocycles. The van der Waals surface area contributed by atoms with Gasteiger partial charge < -0.3 is 0 Å². The van der Waals surface area contributed by atoms with E-state index in [1.807, 2.05) is 36.4 Å². The highest BCUT2D eigenvalue weighted by atomic mass is 15.4. The molecule has 0 unspecified atom stereocenters. The Labute approximate surface area is 89.9 Å². The zero-order valence-electron chi connectivity index (χ0n) is 8.88. The van der Waals surface area contributed by atoms with Crippen molar-refractivity contribution in [3.05, 3.63) is 47.7 Å². The maximum Gasteiger partial charge on any atom is 0.0960 e. The van der Waals surface area contributed by atoms with Crippen LogP contribution in [0.2, 0.25) is 0 Å². The molecule has 0 fully saturated rings. The highest BCUT2D eigenvalue weighted by Gasteiger charge is 1.89. The van der Waals surface area contributed by atoms with Crippen LogP contribution >= 0.6 is 0 Å². The molecule has 1 rings (SSSR count). The molecule has 0 N–H and O–H groups in total. The fraction of sp³-hybridized carbons (Fsp3) is 0.167. The van der Waals surface area contributed by atoms with Crippen LogP contribution in [0, 0.1) is 11.3 Å². The zero-order valence-corrected chi connectivity index (χ0v) is 8.88. The van der Waals surface area contributed by atoms with Crippen molar-refractivity contribution in [1.29, 1.82) is 5.26 Å². The minimum Gasteiger partial charge on any atom is -0.275 e. The fourth-order valence-corrected chi connectivity index (χ4v) is 1.04. The molecule has 1 aromatic carbocycles. The van der Waals surface area contributed by atoms with Gasteiger partial charge in [-0.2, -0.15) is 10.4 Å². The summed E-state index contributed by atoms with van der Waals surface area (Å²) < 4.78 is 0. The molecule has 0 aliphatic carbocycles. The lowest BCUT2D eigenvalue weighted by molar-refractivity contribution is 0.490. The highest BCUT2D eigenvalue weighted by molar-refractivity contribution is 5.79. The van der Waals surface area contributed by atoms with Crippen LogP contribution in [0.5, 0.6) is 0 Å². The molecule has 0 saturated carbocycles. The van der Waals surface area contributed by atoms with E-state index in [9.17, 15) is 0 Å². The Morgan fingerprint density at radius 3 is 2.67 bits per heavy atom. The van der Waals surface area contributed by atoms with E-state index in [0.717, 1.165) is 5.56 Å². The lowest BCUT2D eigenvalue weighted by Gasteiger charge is -2.05. The van der Waals surface area contributed by atoms with Crippen LogP contribution in [-0.4, -0.2) is 18.3 Å². The van der Waals surface area contributed by atoms with Crippen LogP contribution < -0.4 is 0 Å². The first-order valence-electron chi connectivity index (χ1n) is 4.63. The topological polar surface area (TPSA) is 39.4 Å². The van der Waals surface area contributed by atoms with Crippen molar-refractivity contribution in [3.8, 4) is 6.07 Å². The molecule has 0 spiro atoms. The summed E-state index contributed by atoms with van der Waals surface area (Å²) in [5.74, 6) is 0. The SMILES string of the molecule is C/C(C#N)=C\N(C)/N=C/c1ccccc1. The van der Waals surface area contributed by atoms with Gasteiger partial charge in [0.05, 0.1) is 12.3 Å². The summed E-state index contributed by atoms with van der Waals surface area (Å²) in [7, 11) is 1.79. The van der Waals surface area contributed by atoms with E-state index in [2.05, 4.69) is 5.10 Å². The normalized spacial score (nSPS) is 11.4. The molecule has 0 bridgehead atoms. The summed E-state index contributed by atoms with van der Waals surface area (Å²) in [5, 5.41) is 14.4. The van der Waals surface area contributed by atoms with Gasteiger partial charge in [-0.1, -0.05) is 30.3 Å². The number of hydrazone groups is 1. The average molecular weight is 199 g/mol. The molecule has 0 aliphatic rings. The van der Waals surface area contributed by atoms with Crippen LogP contribution in [0.25, 0.3) is 0 Å². The Balaban J connectivity index is 2.64. The number of benzene rings is 1. The van der Waals surface area contributed by atoms with Gasteiger partial charge in [-0.3, -0.25) is 5.01 Å². The van der Waals surface area contributed by atoms with E-state index in [4.69, 9.17) is 5.26 Å². The van der Waals surface area contributed by atoms with Crippen LogP contribution in [-0.2, 0) is 0 Å². The second-order valence-corrected chi connectivity index (χ2v) is 3.15. The van der Waals surface area contributed by atoms with Gasteiger partial charge in [-0.05, 0) is 12.5 Å². The Hall–Kier alpha value is -2.08. The Bertz CT molecular complexity index is 399. The summed E-state index contributed by atoms with van der Waals surface area (Å²) in [6, 6.07) is 11.9. The lowest BCUT2D eigenvalue weighted by atomic mass is 10.2. The van der Waals surface area contributed by atoms with Gasteiger partial charge >= 0.3 is 0 Å². The summed E-state index contributed by atoms with van der Waals surface area (Å²) in [6.45, 7) is 1.74. The fourth-order valence-electron chi connectivity index (χ4n) is 1.04. The van der Waals surface area contributed by atoms with Gasteiger partial charge in [0.15, 0.2) is 0 Å². The number of hydrogen-bond donors (Lipinski definition) is 0. The van der Waals surface area contributed by atoms with E-state index in [-0.39, 0.29) is 0 Å². The summed E-state index contributed by atoms with van der Waals surface area (Å²) in [6.07, 6.45) is 3.43. The Morgan fingerprint density at radius 2 is 2.07 bits per heavy atom. The number of nitrogens with zero attached hydrogens (tertiary/aromatic N) is 3. The molecular weight excluding hydrogens is 186 g/mol. The smallest absolute Gasteiger partial charge is 0.0960 e. The molecule has 3 heteroatoms. The monoisotopic (exact) mass is 199 g/mol. The molecule has 0 aliphatic heterocycles. The third-order valence-electron chi connectivity index (χ3n) is 1.75. The number of nitriles is 1. The van der Waals surface area contributed by atoms with Gasteiger partial charge in [-0.15, -0.1) is 0 Å². The number of hydrogen-bond acceptors (Lipinski definition) is 3. The van der Waals surface area contributed by atoms with Crippen LogP contribution in [0.1, 0.15) is 12.5 Å². The van der Waals surface area contributed by atoms with Crippen molar-refractivity contribution in [2.24, 2.45) is 5.10 Å². The van der Waals surface area contributed by atoms with Crippen LogP contribution in [0.3, 0.4) is 0 Å². The quantitative estimate of drug-likeness (QED) is 0.426. The van der Waals surface area contributed by atoms with Gasteiger partial charge in [0, 0.05) is 18.8 Å². The van der Waals surface area contributed by atoms with E-state index in [1.54, 1.807) is 31.4 Å². The molecule has 3 nitrogen and oxygen atoms in total. The van der Waals surface area contributed by atoms with Crippen LogP contribution in [0.4, 0.5) is 0 Å². The molecular formula is C12H13N3. The second kappa shape index (κ2) is 5.61. The summed E-state index contributed by atoms with van der Waals surface area (Å²) in [4.78, 5) is 0. The van der Waals surface area contributed by atoms with Crippen molar-refractivity contribution in [2.75, 3.05) is 7.05 Å². The zero-order chi connectivity index (χ0) is 11.1. The predicted molar refractivity (Wildman–Crippen MR) is 61.2 cm³/mol. The second-order valence-electron chi connectivity index (χ2n) is 3.15. The molecule has 0 atom stereocenters. The molecule has 0 radical (unpaired) electrons. The van der Waals surface area contributed by atoms with Crippen molar-refractivity contribution in [2.45, 2.75) is 6.92 Å². The Kier molecular flexibility index (Phi) is 4.11. The van der Waals surface area contributed by atoms with Gasteiger partial charge in [0.25, 0.3) is 0 Å².